The normalized spacial score (nSPS) is 11.3. The second-order valence-corrected chi connectivity index (χ2v) is 13.0. The summed E-state index contributed by atoms with van der Waals surface area (Å²) in [5.41, 5.74) is 7.62. The van der Waals surface area contributed by atoms with Crippen molar-refractivity contribution in [2.75, 3.05) is 54.0 Å². The number of hydrogen-bond donors (Lipinski definition) is 0. The lowest BCUT2D eigenvalue weighted by Crippen LogP contribution is -2.26. The van der Waals surface area contributed by atoms with Gasteiger partial charge in [0.15, 0.2) is 17.1 Å². The van der Waals surface area contributed by atoms with E-state index in [0.29, 0.717) is 0 Å². The van der Waals surface area contributed by atoms with Gasteiger partial charge in [0, 0.05) is 92.7 Å². The summed E-state index contributed by atoms with van der Waals surface area (Å²) in [6, 6.07) is 28.0. The van der Waals surface area contributed by atoms with Crippen LogP contribution in [0.25, 0.3) is 0 Å². The van der Waals surface area contributed by atoms with Crippen LogP contribution in [0, 0.1) is 0 Å². The van der Waals surface area contributed by atoms with E-state index in [2.05, 4.69) is 134 Å². The van der Waals surface area contributed by atoms with E-state index in [-0.39, 0.29) is 0 Å². The maximum atomic E-state index is 2.58. The molecule has 0 fully saturated rings. The van der Waals surface area contributed by atoms with Gasteiger partial charge in [-0.1, -0.05) is 85.0 Å². The van der Waals surface area contributed by atoms with Crippen LogP contribution in [0.2, 0.25) is 0 Å². The van der Waals surface area contributed by atoms with Crippen LogP contribution in [0.1, 0.15) is 119 Å². The molecule has 3 rings (SSSR count). The van der Waals surface area contributed by atoms with E-state index >= 15 is 0 Å². The van der Waals surface area contributed by atoms with Crippen LogP contribution in [0.15, 0.2) is 72.8 Å². The van der Waals surface area contributed by atoms with Crippen molar-refractivity contribution in [2.45, 2.75) is 119 Å². The Kier molecular flexibility index (Phi) is 17.7. The molecule has 4 heteroatoms. The van der Waals surface area contributed by atoms with Gasteiger partial charge in [0.1, 0.15) is 0 Å². The van der Waals surface area contributed by atoms with Gasteiger partial charge in [-0.15, -0.1) is 0 Å². The second-order valence-electron chi connectivity index (χ2n) is 13.0. The highest BCUT2D eigenvalue weighted by atomic mass is 15.2. The molecule has 253 valence electrons. The molecule has 0 atom stereocenters. The Morgan fingerprint density at radius 3 is 0.696 bits per heavy atom. The Morgan fingerprint density at radius 2 is 0.522 bits per heavy atom. The van der Waals surface area contributed by atoms with E-state index in [0.717, 1.165) is 39.3 Å². The fourth-order valence-electron chi connectivity index (χ4n) is 6.09. The molecule has 3 aromatic carbocycles. The summed E-state index contributed by atoms with van der Waals surface area (Å²) in [6.45, 7) is 20.5. The average Bonchev–Trinajstić information content (AvgIpc) is 3.10. The molecule has 0 amide bonds. The largest absolute Gasteiger partial charge is 0.372 e. The highest BCUT2D eigenvalue weighted by molar-refractivity contribution is 5.69. The standard InChI is InChI=1S/C42H66N4/c1-7-13-31-43(32-14-8-2)37-19-25-40(26-20-37)46(41-27-21-38(22-28-41)44(33-15-9-3)34-16-10-4)42-29-23-39(24-30-42)45(35-17-11-5)36-18-12-6/h19-30H,7-18,31-36H2,1-6H3/q+1. The van der Waals surface area contributed by atoms with Crippen molar-refractivity contribution in [1.29, 1.82) is 0 Å². The van der Waals surface area contributed by atoms with E-state index < -0.39 is 0 Å². The maximum absolute atomic E-state index is 2.58. The van der Waals surface area contributed by atoms with Gasteiger partial charge in [0.2, 0.25) is 0 Å². The predicted molar refractivity (Wildman–Crippen MR) is 207 cm³/mol. The van der Waals surface area contributed by atoms with Gasteiger partial charge in [-0.05, 0) is 74.9 Å². The minimum Gasteiger partial charge on any atom is -0.372 e. The molecule has 0 spiro atoms. The molecule has 0 bridgehead atoms. The van der Waals surface area contributed by atoms with E-state index in [9.17, 15) is 0 Å². The monoisotopic (exact) mass is 627 g/mol. The summed E-state index contributed by atoms with van der Waals surface area (Å²) in [4.78, 5) is 10.2. The number of nitrogens with zero attached hydrogens (tertiary/aromatic N) is 4. The molecule has 46 heavy (non-hydrogen) atoms. The molecule has 0 unspecified atom stereocenters. The topological polar surface area (TPSA) is 15.6 Å². The Balaban J connectivity index is 1.98. The van der Waals surface area contributed by atoms with Crippen molar-refractivity contribution in [2.24, 2.45) is 0 Å². The van der Waals surface area contributed by atoms with Crippen LogP contribution in [0.4, 0.5) is 34.1 Å². The van der Waals surface area contributed by atoms with Crippen molar-refractivity contribution in [3.05, 3.63) is 72.8 Å². The number of rotatable bonds is 24. The van der Waals surface area contributed by atoms with Crippen molar-refractivity contribution in [3.8, 4) is 0 Å². The first-order valence-corrected chi connectivity index (χ1v) is 18.9. The first kappa shape index (κ1) is 37.5. The smallest absolute Gasteiger partial charge is 0.192 e. The van der Waals surface area contributed by atoms with Gasteiger partial charge < -0.3 is 14.7 Å². The van der Waals surface area contributed by atoms with Crippen LogP contribution in [-0.4, -0.2) is 39.3 Å². The zero-order valence-corrected chi connectivity index (χ0v) is 30.4. The van der Waals surface area contributed by atoms with Crippen LogP contribution >= 0.6 is 0 Å². The average molecular weight is 627 g/mol. The summed E-state index contributed by atoms with van der Waals surface area (Å²) in [5.74, 6) is 0. The zero-order chi connectivity index (χ0) is 33.0. The summed E-state index contributed by atoms with van der Waals surface area (Å²) in [5, 5.41) is 0. The lowest BCUT2D eigenvalue weighted by molar-refractivity contribution is 0.677. The van der Waals surface area contributed by atoms with Gasteiger partial charge in [0.05, 0.1) is 0 Å². The molecular formula is C42H66N4+. The minimum atomic E-state index is 1.13. The molecule has 0 aromatic heterocycles. The van der Waals surface area contributed by atoms with Crippen molar-refractivity contribution in [3.63, 3.8) is 0 Å². The van der Waals surface area contributed by atoms with Crippen LogP contribution < -0.4 is 19.6 Å². The maximum Gasteiger partial charge on any atom is 0.192 e. The van der Waals surface area contributed by atoms with Crippen molar-refractivity contribution < 1.29 is 0 Å². The SMILES string of the molecule is CCCCN(CCCC)c1ccc([N+](c2ccc(N(CCCC)CCCC)cc2)c2ccc(N(CCCC)CCCC)cc2)cc1. The van der Waals surface area contributed by atoms with Gasteiger partial charge >= 0.3 is 0 Å². The molecule has 1 radical (unpaired) electrons. The molecule has 0 aliphatic rings. The summed E-state index contributed by atoms with van der Waals surface area (Å²) >= 11 is 0. The minimum absolute atomic E-state index is 1.13. The first-order valence-electron chi connectivity index (χ1n) is 18.9. The summed E-state index contributed by atoms with van der Waals surface area (Å²) < 4.78 is 0. The number of unbranched alkanes of at least 4 members (excludes halogenated alkanes) is 6. The molecule has 0 saturated carbocycles. The molecule has 0 saturated heterocycles. The van der Waals surface area contributed by atoms with Gasteiger partial charge in [-0.25, -0.2) is 0 Å². The van der Waals surface area contributed by atoms with E-state index in [4.69, 9.17) is 0 Å². The Hall–Kier alpha value is -2.98. The summed E-state index contributed by atoms with van der Waals surface area (Å²) in [7, 11) is 0. The van der Waals surface area contributed by atoms with E-state index in [1.54, 1.807) is 0 Å². The Morgan fingerprint density at radius 1 is 0.326 bits per heavy atom. The second kappa shape index (κ2) is 21.7. The zero-order valence-electron chi connectivity index (χ0n) is 30.4. The Labute approximate surface area is 283 Å². The third kappa shape index (κ3) is 11.7. The quantitative estimate of drug-likeness (QED) is 0.0920. The number of anilines is 6. The lowest BCUT2D eigenvalue weighted by Gasteiger charge is -2.26. The lowest BCUT2D eigenvalue weighted by atomic mass is 10.1. The fourth-order valence-corrected chi connectivity index (χ4v) is 6.09. The van der Waals surface area contributed by atoms with Crippen LogP contribution in [-0.2, 0) is 0 Å². The molecule has 0 N–H and O–H groups in total. The van der Waals surface area contributed by atoms with E-state index in [1.807, 2.05) is 0 Å². The van der Waals surface area contributed by atoms with Crippen molar-refractivity contribution in [1.82, 2.24) is 4.90 Å². The first-order chi connectivity index (χ1) is 22.6. The molecular weight excluding hydrogens is 560 g/mol. The van der Waals surface area contributed by atoms with Gasteiger partial charge in [-0.3, -0.25) is 0 Å². The highest BCUT2D eigenvalue weighted by Crippen LogP contribution is 2.37. The molecule has 3 aromatic rings. The van der Waals surface area contributed by atoms with Gasteiger partial charge in [0.25, 0.3) is 0 Å². The van der Waals surface area contributed by atoms with E-state index in [1.165, 1.54) is 111 Å². The van der Waals surface area contributed by atoms with Crippen molar-refractivity contribution >= 4 is 34.1 Å². The Bertz CT molecular complexity index is 997. The highest BCUT2D eigenvalue weighted by Gasteiger charge is 2.27. The predicted octanol–water partition coefficient (Wildman–Crippen LogP) is 12.3. The van der Waals surface area contributed by atoms with Crippen LogP contribution in [0.5, 0.6) is 0 Å². The summed E-state index contributed by atoms with van der Waals surface area (Å²) in [6.07, 6.45) is 14.8. The fraction of sp³-hybridized carbons (Fsp3) is 0.571. The molecule has 0 aliphatic carbocycles. The molecule has 0 aliphatic heterocycles. The molecule has 4 nitrogen and oxygen atoms in total. The van der Waals surface area contributed by atoms with Crippen LogP contribution in [0.3, 0.4) is 0 Å². The van der Waals surface area contributed by atoms with Gasteiger partial charge in [-0.2, -0.15) is 0 Å². The third-order valence-electron chi connectivity index (χ3n) is 9.11. The molecule has 0 heterocycles. The number of benzene rings is 3. The number of hydrogen-bond acceptors (Lipinski definition) is 4. The third-order valence-corrected chi connectivity index (χ3v) is 9.11.